The fraction of sp³-hybridized carbons (Fsp3) is 0.393. The van der Waals surface area contributed by atoms with Gasteiger partial charge in [-0.3, -0.25) is 4.79 Å². The van der Waals surface area contributed by atoms with Crippen LogP contribution in [0.3, 0.4) is 0 Å². The molecule has 1 saturated heterocycles. The molecule has 1 aromatic heterocycles. The number of hydrogen-bond acceptors (Lipinski definition) is 8. The zero-order valence-corrected chi connectivity index (χ0v) is 23.4. The van der Waals surface area contributed by atoms with E-state index in [2.05, 4.69) is 21.8 Å². The van der Waals surface area contributed by atoms with Gasteiger partial charge in [0.2, 0.25) is 15.9 Å². The van der Waals surface area contributed by atoms with Crippen molar-refractivity contribution in [3.8, 4) is 32.8 Å². The highest BCUT2D eigenvalue weighted by atomic mass is 32.2. The van der Waals surface area contributed by atoms with Gasteiger partial charge in [-0.25, -0.2) is 18.1 Å². The largest absolute Gasteiger partial charge is 0.490 e. The summed E-state index contributed by atoms with van der Waals surface area (Å²) in [6.07, 6.45) is 2.86. The van der Waals surface area contributed by atoms with Crippen LogP contribution in [0.15, 0.2) is 42.6 Å². The highest BCUT2D eigenvalue weighted by Crippen LogP contribution is 2.42. The number of nitrogens with one attached hydrogen (secondary N) is 1. The molecular formula is C28H30N4O5S2. The van der Waals surface area contributed by atoms with Crippen molar-refractivity contribution in [1.29, 1.82) is 5.26 Å². The molecule has 1 aliphatic carbocycles. The van der Waals surface area contributed by atoms with Gasteiger partial charge in [-0.1, -0.05) is 18.2 Å². The molecule has 1 amide bonds. The summed E-state index contributed by atoms with van der Waals surface area (Å²) in [7, 11) is -3.78. The number of likely N-dealkylation sites (tertiary alicyclic amines) is 1. The number of thiazole rings is 1. The molecule has 1 unspecified atom stereocenters. The summed E-state index contributed by atoms with van der Waals surface area (Å²) in [5, 5.41) is 19.7. The van der Waals surface area contributed by atoms with Crippen LogP contribution in [0.1, 0.15) is 42.9 Å². The van der Waals surface area contributed by atoms with Crippen LogP contribution in [0, 0.1) is 11.3 Å². The van der Waals surface area contributed by atoms with Crippen LogP contribution >= 0.6 is 11.3 Å². The molecule has 204 valence electrons. The van der Waals surface area contributed by atoms with E-state index in [1.165, 1.54) is 10.5 Å². The minimum atomic E-state index is -3.78. The number of aromatic nitrogens is 1. The first-order valence-electron chi connectivity index (χ1n) is 12.9. The second-order valence-electron chi connectivity index (χ2n) is 10.2. The Hall–Kier alpha value is -3.30. The molecule has 9 nitrogen and oxygen atoms in total. The van der Waals surface area contributed by atoms with E-state index in [1.54, 1.807) is 23.5 Å². The van der Waals surface area contributed by atoms with Gasteiger partial charge >= 0.3 is 0 Å². The van der Waals surface area contributed by atoms with Crippen LogP contribution < -0.4 is 9.46 Å². The van der Waals surface area contributed by atoms with E-state index in [-0.39, 0.29) is 31.7 Å². The summed E-state index contributed by atoms with van der Waals surface area (Å²) >= 11 is 1.55. The quantitative estimate of drug-likeness (QED) is 0.406. The molecule has 3 aromatic rings. The smallest absolute Gasteiger partial charge is 0.239 e. The maximum absolute atomic E-state index is 12.5. The Kier molecular flexibility index (Phi) is 7.73. The zero-order chi connectivity index (χ0) is 27.7. The summed E-state index contributed by atoms with van der Waals surface area (Å²) in [6.45, 7) is 4.43. The number of nitrogens with zero attached hydrogens (tertiary/aromatic N) is 3. The molecule has 2 heterocycles. The highest BCUT2D eigenvalue weighted by molar-refractivity contribution is 7.90. The van der Waals surface area contributed by atoms with Crippen LogP contribution in [0.2, 0.25) is 0 Å². The second kappa shape index (κ2) is 11.1. The van der Waals surface area contributed by atoms with Gasteiger partial charge in [-0.2, -0.15) is 5.26 Å². The Labute approximate surface area is 232 Å². The number of benzene rings is 2. The number of carbonyl (C=O) groups is 1. The number of ether oxygens (including phenoxy) is 1. The summed E-state index contributed by atoms with van der Waals surface area (Å²) in [6, 6.07) is 13.8. The summed E-state index contributed by atoms with van der Waals surface area (Å²) in [5.41, 5.74) is 4.67. The lowest BCUT2D eigenvalue weighted by Crippen LogP contribution is -2.55. The standard InChI is InChI=1S/C28H30N4O5S2/c1-17(2)37-25-9-7-18(10-20(25)11-29)28-30-13-26(38-28)24-5-3-4-22-19(6-8-23(22)24)12-31-39(35,36)16-27(34)32-14-21(33)15-32/h3-5,7,9-10,13,17,19,21,31,33H,6,8,12,14-16H2,1-2H3. The van der Waals surface area contributed by atoms with Gasteiger partial charge in [0.15, 0.2) is 0 Å². The summed E-state index contributed by atoms with van der Waals surface area (Å²) < 4.78 is 33.4. The van der Waals surface area contributed by atoms with E-state index in [0.717, 1.165) is 39.4 Å². The number of amides is 1. The van der Waals surface area contributed by atoms with Crippen LogP contribution in [-0.4, -0.2) is 66.9 Å². The molecule has 1 aliphatic heterocycles. The van der Waals surface area contributed by atoms with Gasteiger partial charge in [0.1, 0.15) is 22.6 Å². The van der Waals surface area contributed by atoms with Crippen LogP contribution in [-0.2, 0) is 21.2 Å². The van der Waals surface area contributed by atoms with Crippen LogP contribution in [0.4, 0.5) is 0 Å². The number of β-amino-alcohol motifs (C(OH)–C–C–N with tert-alkyl or cyclic N) is 1. The number of aliphatic hydroxyl groups is 1. The zero-order valence-electron chi connectivity index (χ0n) is 21.8. The third-order valence-corrected chi connectivity index (χ3v) is 9.27. The Morgan fingerprint density at radius 1 is 1.31 bits per heavy atom. The number of rotatable bonds is 9. The van der Waals surface area contributed by atoms with E-state index >= 15 is 0 Å². The van der Waals surface area contributed by atoms with Gasteiger partial charge < -0.3 is 14.7 Å². The number of sulfonamides is 1. The monoisotopic (exact) mass is 566 g/mol. The Balaban J connectivity index is 1.29. The third kappa shape index (κ3) is 5.99. The first kappa shape index (κ1) is 27.3. The molecule has 0 radical (unpaired) electrons. The second-order valence-corrected chi connectivity index (χ2v) is 13.0. The van der Waals surface area contributed by atoms with Gasteiger partial charge in [-0.15, -0.1) is 11.3 Å². The van der Waals surface area contributed by atoms with E-state index in [0.29, 0.717) is 11.3 Å². The Morgan fingerprint density at radius 3 is 2.82 bits per heavy atom. The number of hydrogen-bond donors (Lipinski definition) is 2. The van der Waals surface area contributed by atoms with Crippen LogP contribution in [0.25, 0.3) is 21.0 Å². The topological polar surface area (TPSA) is 133 Å². The molecule has 39 heavy (non-hydrogen) atoms. The van der Waals surface area contributed by atoms with Crippen LogP contribution in [0.5, 0.6) is 5.75 Å². The fourth-order valence-corrected chi connectivity index (χ4v) is 7.04. The third-order valence-electron chi connectivity index (χ3n) is 6.95. The van der Waals surface area contributed by atoms with E-state index < -0.39 is 27.8 Å². The number of nitriles is 1. The molecule has 2 aliphatic rings. The lowest BCUT2D eigenvalue weighted by atomic mass is 9.98. The molecule has 1 atom stereocenters. The number of aliphatic hydroxyl groups excluding tert-OH is 1. The van der Waals surface area contributed by atoms with Gasteiger partial charge in [0, 0.05) is 31.4 Å². The molecule has 0 saturated carbocycles. The van der Waals surface area contributed by atoms with E-state index in [1.807, 2.05) is 38.2 Å². The molecular weight excluding hydrogens is 536 g/mol. The van der Waals surface area contributed by atoms with Crippen molar-refractivity contribution in [3.63, 3.8) is 0 Å². The van der Waals surface area contributed by atoms with Crippen molar-refractivity contribution in [2.45, 2.75) is 44.8 Å². The summed E-state index contributed by atoms with van der Waals surface area (Å²) in [5.74, 6) is -0.540. The summed E-state index contributed by atoms with van der Waals surface area (Å²) in [4.78, 5) is 19.1. The Morgan fingerprint density at radius 2 is 2.10 bits per heavy atom. The first-order valence-corrected chi connectivity index (χ1v) is 15.3. The molecule has 11 heteroatoms. The van der Waals surface area contributed by atoms with Gasteiger partial charge in [0.05, 0.1) is 22.6 Å². The van der Waals surface area contributed by atoms with Crippen molar-refractivity contribution in [3.05, 3.63) is 59.3 Å². The maximum atomic E-state index is 12.5. The minimum absolute atomic E-state index is 0.00902. The van der Waals surface area contributed by atoms with Gasteiger partial charge in [-0.05, 0) is 67.5 Å². The van der Waals surface area contributed by atoms with Crippen molar-refractivity contribution in [1.82, 2.24) is 14.6 Å². The lowest BCUT2D eigenvalue weighted by molar-refractivity contribution is -0.138. The SMILES string of the molecule is CC(C)Oc1ccc(-c2ncc(-c3cccc4c3CCC4CNS(=O)(=O)CC(=O)N3CC(O)C3)s2)cc1C#N. The van der Waals surface area contributed by atoms with Crippen molar-refractivity contribution < 1.29 is 23.1 Å². The normalized spacial score (nSPS) is 17.1. The Bertz CT molecular complexity index is 1540. The predicted octanol–water partition coefficient (Wildman–Crippen LogP) is 3.29. The fourth-order valence-electron chi connectivity index (χ4n) is 5.01. The molecule has 0 bridgehead atoms. The van der Waals surface area contributed by atoms with E-state index in [4.69, 9.17) is 4.74 Å². The average Bonchev–Trinajstić information content (AvgIpc) is 3.53. The number of carbonyl (C=O) groups excluding carboxylic acids is 1. The average molecular weight is 567 g/mol. The van der Waals surface area contributed by atoms with Crippen molar-refractivity contribution in [2.24, 2.45) is 0 Å². The molecule has 2 N–H and O–H groups in total. The predicted molar refractivity (Wildman–Crippen MR) is 149 cm³/mol. The molecule has 0 spiro atoms. The highest BCUT2D eigenvalue weighted by Gasteiger charge is 2.32. The van der Waals surface area contributed by atoms with Gasteiger partial charge in [0.25, 0.3) is 0 Å². The minimum Gasteiger partial charge on any atom is -0.490 e. The first-order chi connectivity index (χ1) is 18.6. The number of fused-ring (bicyclic) bond motifs is 1. The molecule has 5 rings (SSSR count). The van der Waals surface area contributed by atoms with E-state index in [9.17, 15) is 23.6 Å². The van der Waals surface area contributed by atoms with Crippen molar-refractivity contribution >= 4 is 27.3 Å². The van der Waals surface area contributed by atoms with Crippen molar-refractivity contribution in [2.75, 3.05) is 25.4 Å². The molecule has 1 fully saturated rings. The lowest BCUT2D eigenvalue weighted by Gasteiger charge is -2.35. The maximum Gasteiger partial charge on any atom is 0.239 e. The molecule has 2 aromatic carbocycles.